The number of benzene rings is 1. The van der Waals surface area contributed by atoms with Crippen molar-refractivity contribution in [2.45, 2.75) is 27.2 Å². The first-order valence-corrected chi connectivity index (χ1v) is 7.07. The van der Waals surface area contributed by atoms with Crippen LogP contribution in [0.4, 0.5) is 0 Å². The van der Waals surface area contributed by atoms with Crippen LogP contribution in [0.1, 0.15) is 37.6 Å². The lowest BCUT2D eigenvalue weighted by Crippen LogP contribution is -2.05. The van der Waals surface area contributed by atoms with Crippen molar-refractivity contribution in [3.05, 3.63) is 23.8 Å². The number of hydrogen-bond acceptors (Lipinski definition) is 5. The molecule has 104 valence electrons. The number of carbonyl (C=O) groups is 2. The molecule has 0 bridgehead atoms. The molecular formula is C14H18O4S. The molecule has 0 unspecified atom stereocenters. The number of rotatable bonds is 7. The van der Waals surface area contributed by atoms with Crippen molar-refractivity contribution in [1.29, 1.82) is 0 Å². The molecule has 4 nitrogen and oxygen atoms in total. The second-order valence-electron chi connectivity index (χ2n) is 3.94. The van der Waals surface area contributed by atoms with E-state index in [1.165, 1.54) is 13.8 Å². The summed E-state index contributed by atoms with van der Waals surface area (Å²) in [6, 6.07) is 5.21. The van der Waals surface area contributed by atoms with Crippen LogP contribution in [0.15, 0.2) is 18.2 Å². The third-order valence-corrected chi connectivity index (χ3v) is 2.93. The zero-order valence-electron chi connectivity index (χ0n) is 11.4. The van der Waals surface area contributed by atoms with Gasteiger partial charge in [0.05, 0.1) is 12.2 Å². The van der Waals surface area contributed by atoms with Gasteiger partial charge in [-0.1, -0.05) is 13.0 Å². The highest BCUT2D eigenvalue weighted by molar-refractivity contribution is 8.13. The SMILES string of the molecule is CCCOc1cccc(C(C)=O)c1OCSC(C)=O. The van der Waals surface area contributed by atoms with Gasteiger partial charge in [0.2, 0.25) is 0 Å². The normalized spacial score (nSPS) is 10.1. The van der Waals surface area contributed by atoms with E-state index in [0.29, 0.717) is 23.7 Å². The number of ether oxygens (including phenoxy) is 2. The summed E-state index contributed by atoms with van der Waals surface area (Å²) in [4.78, 5) is 22.5. The number of ketones is 1. The Morgan fingerprint density at radius 1 is 1.21 bits per heavy atom. The topological polar surface area (TPSA) is 52.6 Å². The fourth-order valence-electron chi connectivity index (χ4n) is 1.44. The first-order chi connectivity index (χ1) is 9.06. The molecule has 0 saturated carbocycles. The van der Waals surface area contributed by atoms with E-state index < -0.39 is 0 Å². The highest BCUT2D eigenvalue weighted by atomic mass is 32.2. The fraction of sp³-hybridized carbons (Fsp3) is 0.429. The summed E-state index contributed by atoms with van der Waals surface area (Å²) in [7, 11) is 0. The minimum absolute atomic E-state index is 0.0312. The standard InChI is InChI=1S/C14H18O4S/c1-4-8-17-13-7-5-6-12(10(2)15)14(13)18-9-19-11(3)16/h5-7H,4,8-9H2,1-3H3. The minimum atomic E-state index is -0.0928. The van der Waals surface area contributed by atoms with Crippen molar-refractivity contribution >= 4 is 22.7 Å². The molecule has 0 aliphatic heterocycles. The maximum atomic E-state index is 11.6. The third-order valence-electron chi connectivity index (χ3n) is 2.29. The number of hydrogen-bond donors (Lipinski definition) is 0. The Kier molecular flexibility index (Phi) is 6.42. The van der Waals surface area contributed by atoms with Gasteiger partial charge in [-0.15, -0.1) is 0 Å². The van der Waals surface area contributed by atoms with Crippen molar-refractivity contribution in [3.63, 3.8) is 0 Å². The largest absolute Gasteiger partial charge is 0.490 e. The van der Waals surface area contributed by atoms with Crippen LogP contribution in [0.2, 0.25) is 0 Å². The maximum absolute atomic E-state index is 11.6. The monoisotopic (exact) mass is 282 g/mol. The van der Waals surface area contributed by atoms with Gasteiger partial charge in [0.1, 0.15) is 5.94 Å². The first-order valence-electron chi connectivity index (χ1n) is 6.09. The van der Waals surface area contributed by atoms with E-state index in [9.17, 15) is 9.59 Å². The van der Waals surface area contributed by atoms with Crippen LogP contribution in [0.5, 0.6) is 11.5 Å². The fourth-order valence-corrected chi connectivity index (χ4v) is 1.78. The molecule has 0 aliphatic carbocycles. The van der Waals surface area contributed by atoms with Crippen LogP contribution in [0, 0.1) is 0 Å². The Morgan fingerprint density at radius 2 is 1.95 bits per heavy atom. The molecule has 0 atom stereocenters. The van der Waals surface area contributed by atoms with E-state index in [4.69, 9.17) is 9.47 Å². The molecule has 0 heterocycles. The molecule has 0 saturated heterocycles. The van der Waals surface area contributed by atoms with Gasteiger partial charge < -0.3 is 9.47 Å². The molecule has 0 amide bonds. The average molecular weight is 282 g/mol. The van der Waals surface area contributed by atoms with Gasteiger partial charge in [-0.05, 0) is 37.2 Å². The van der Waals surface area contributed by atoms with E-state index in [-0.39, 0.29) is 16.8 Å². The summed E-state index contributed by atoms with van der Waals surface area (Å²) in [6.45, 7) is 5.50. The first kappa shape index (κ1) is 15.6. The highest BCUT2D eigenvalue weighted by Crippen LogP contribution is 2.32. The number of para-hydroxylation sites is 1. The summed E-state index contributed by atoms with van der Waals surface area (Å²) in [6.07, 6.45) is 0.867. The van der Waals surface area contributed by atoms with Crippen molar-refractivity contribution in [2.75, 3.05) is 12.5 Å². The number of Topliss-reactive ketones (excluding diaryl/α,β-unsaturated/α-hetero) is 1. The predicted molar refractivity (Wildman–Crippen MR) is 76.0 cm³/mol. The minimum Gasteiger partial charge on any atom is -0.490 e. The smallest absolute Gasteiger partial charge is 0.189 e. The molecule has 1 rings (SSSR count). The zero-order chi connectivity index (χ0) is 14.3. The van der Waals surface area contributed by atoms with Crippen molar-refractivity contribution in [3.8, 4) is 11.5 Å². The summed E-state index contributed by atoms with van der Waals surface area (Å²) >= 11 is 1.05. The lowest BCUT2D eigenvalue weighted by atomic mass is 10.1. The van der Waals surface area contributed by atoms with E-state index >= 15 is 0 Å². The van der Waals surface area contributed by atoms with Gasteiger partial charge in [0, 0.05) is 6.92 Å². The van der Waals surface area contributed by atoms with E-state index in [1.807, 2.05) is 6.92 Å². The van der Waals surface area contributed by atoms with Crippen molar-refractivity contribution < 1.29 is 19.1 Å². The molecule has 0 aromatic heterocycles. The van der Waals surface area contributed by atoms with Crippen molar-refractivity contribution in [1.82, 2.24) is 0 Å². The van der Waals surface area contributed by atoms with E-state index in [0.717, 1.165) is 18.2 Å². The summed E-state index contributed by atoms with van der Waals surface area (Å²) in [5, 5.41) is -0.0312. The van der Waals surface area contributed by atoms with E-state index in [2.05, 4.69) is 0 Å². The summed E-state index contributed by atoms with van der Waals surface area (Å²) in [5.41, 5.74) is 0.470. The number of carbonyl (C=O) groups excluding carboxylic acids is 2. The van der Waals surface area contributed by atoms with Gasteiger partial charge in [0.25, 0.3) is 0 Å². The second-order valence-corrected chi connectivity index (χ2v) is 5.03. The predicted octanol–water partition coefficient (Wildman–Crippen LogP) is 3.29. The zero-order valence-corrected chi connectivity index (χ0v) is 12.2. The molecule has 0 radical (unpaired) electrons. The highest BCUT2D eigenvalue weighted by Gasteiger charge is 2.14. The Morgan fingerprint density at radius 3 is 2.53 bits per heavy atom. The van der Waals surface area contributed by atoms with Crippen LogP contribution in [-0.4, -0.2) is 23.4 Å². The maximum Gasteiger partial charge on any atom is 0.189 e. The summed E-state index contributed by atoms with van der Waals surface area (Å²) in [5.74, 6) is 1.03. The van der Waals surface area contributed by atoms with Crippen LogP contribution in [0.25, 0.3) is 0 Å². The lowest BCUT2D eigenvalue weighted by molar-refractivity contribution is -0.109. The Hall–Kier alpha value is -1.49. The Balaban J connectivity index is 2.92. The lowest BCUT2D eigenvalue weighted by Gasteiger charge is -2.14. The van der Waals surface area contributed by atoms with Crippen LogP contribution in [-0.2, 0) is 4.79 Å². The quantitative estimate of drug-likeness (QED) is 0.567. The Bertz CT molecular complexity index is 457. The molecule has 0 fully saturated rings. The van der Waals surface area contributed by atoms with Gasteiger partial charge in [-0.3, -0.25) is 9.59 Å². The van der Waals surface area contributed by atoms with Gasteiger partial charge in [0.15, 0.2) is 22.4 Å². The third kappa shape index (κ3) is 4.95. The van der Waals surface area contributed by atoms with Gasteiger partial charge >= 0.3 is 0 Å². The van der Waals surface area contributed by atoms with Gasteiger partial charge in [-0.25, -0.2) is 0 Å². The molecule has 5 heteroatoms. The molecular weight excluding hydrogens is 264 g/mol. The van der Waals surface area contributed by atoms with Crippen LogP contribution < -0.4 is 9.47 Å². The summed E-state index contributed by atoms with van der Waals surface area (Å²) < 4.78 is 11.1. The molecule has 0 N–H and O–H groups in total. The molecule has 0 spiro atoms. The second kappa shape index (κ2) is 7.84. The number of thioether (sulfide) groups is 1. The van der Waals surface area contributed by atoms with Crippen LogP contribution in [0.3, 0.4) is 0 Å². The molecule has 19 heavy (non-hydrogen) atoms. The van der Waals surface area contributed by atoms with Crippen molar-refractivity contribution in [2.24, 2.45) is 0 Å². The van der Waals surface area contributed by atoms with E-state index in [1.54, 1.807) is 18.2 Å². The molecule has 1 aromatic carbocycles. The molecule has 0 aliphatic rings. The van der Waals surface area contributed by atoms with Crippen LogP contribution >= 0.6 is 11.8 Å². The Labute approximate surface area is 117 Å². The molecule has 1 aromatic rings. The average Bonchev–Trinajstić information content (AvgIpc) is 2.36. The van der Waals surface area contributed by atoms with Gasteiger partial charge in [-0.2, -0.15) is 0 Å².